The van der Waals surface area contributed by atoms with Gasteiger partial charge in [-0.15, -0.1) is 0 Å². The molecule has 47 heavy (non-hydrogen) atoms. The number of carbonyl (C=O) groups excluding carboxylic acids is 1. The highest BCUT2D eigenvalue weighted by molar-refractivity contribution is 6.09. The number of ether oxygens (including phenoxy) is 1. The molecular formula is C31H26F4N8O4. The van der Waals surface area contributed by atoms with E-state index in [4.69, 9.17) is 15.5 Å². The quantitative estimate of drug-likeness (QED) is 0.201. The average molecular weight is 651 g/mol. The van der Waals surface area contributed by atoms with Gasteiger partial charge in [0, 0.05) is 10.9 Å². The zero-order valence-corrected chi connectivity index (χ0v) is 24.4. The van der Waals surface area contributed by atoms with E-state index in [0.717, 1.165) is 36.3 Å². The Morgan fingerprint density at radius 3 is 2.47 bits per heavy atom. The molecule has 0 spiro atoms. The number of rotatable bonds is 9. The lowest BCUT2D eigenvalue weighted by atomic mass is 9.93. The van der Waals surface area contributed by atoms with Gasteiger partial charge in [0.25, 0.3) is 5.91 Å². The second-order valence-corrected chi connectivity index (χ2v) is 11.4. The van der Waals surface area contributed by atoms with E-state index in [9.17, 15) is 23.8 Å². The first-order valence-corrected chi connectivity index (χ1v) is 14.6. The standard InChI is InChI=1S/C31H26F4N8O4/c32-17-4-5-20(37-9-17)23(14-44)43-29-19(12-40-43)26(27(28(36)45)21(41-29)7-15-1-2-15)16-3-6-22-24(8-16)47-31(34,35)30(46)42(22)13-25-38-10-18(33)11-39-25/h3-6,8-12,15,23,30,44,46H,1-2,7,13-14H2,(H2,36,45). The second-order valence-electron chi connectivity index (χ2n) is 11.4. The van der Waals surface area contributed by atoms with E-state index in [0.29, 0.717) is 23.2 Å². The first-order valence-electron chi connectivity index (χ1n) is 14.6. The lowest BCUT2D eigenvalue weighted by Gasteiger charge is -2.39. The topological polar surface area (TPSA) is 165 Å². The molecule has 2 atom stereocenters. The summed E-state index contributed by atoms with van der Waals surface area (Å²) in [6, 6.07) is 5.99. The third-order valence-electron chi connectivity index (χ3n) is 8.19. The van der Waals surface area contributed by atoms with Gasteiger partial charge in [0.2, 0.25) is 6.23 Å². The molecule has 1 aromatic carbocycles. The van der Waals surface area contributed by atoms with Gasteiger partial charge in [-0.2, -0.15) is 13.9 Å². The Hall–Kier alpha value is -5.22. The normalized spacial score (nSPS) is 17.7. The van der Waals surface area contributed by atoms with E-state index in [-0.39, 0.29) is 45.5 Å². The Labute approximate surface area is 263 Å². The highest BCUT2D eigenvalue weighted by Crippen LogP contribution is 2.46. The Kier molecular flexibility index (Phi) is 7.47. The number of nitrogens with zero attached hydrogens (tertiary/aromatic N) is 7. The summed E-state index contributed by atoms with van der Waals surface area (Å²) in [7, 11) is 0. The molecule has 5 aromatic rings. The Morgan fingerprint density at radius 2 is 1.81 bits per heavy atom. The van der Waals surface area contributed by atoms with Crippen molar-refractivity contribution >= 4 is 22.6 Å². The highest BCUT2D eigenvalue weighted by Gasteiger charge is 2.50. The molecular weight excluding hydrogens is 624 g/mol. The van der Waals surface area contributed by atoms with Crippen LogP contribution in [0.3, 0.4) is 0 Å². The summed E-state index contributed by atoms with van der Waals surface area (Å²) in [5.41, 5.74) is 7.49. The van der Waals surface area contributed by atoms with Crippen LogP contribution in [0.1, 0.15) is 46.5 Å². The van der Waals surface area contributed by atoms with Gasteiger partial charge in [-0.3, -0.25) is 9.78 Å². The summed E-state index contributed by atoms with van der Waals surface area (Å²) < 4.78 is 63.5. The lowest BCUT2D eigenvalue weighted by Crippen LogP contribution is -2.54. The van der Waals surface area contributed by atoms with Crippen molar-refractivity contribution < 1.29 is 37.3 Å². The van der Waals surface area contributed by atoms with Gasteiger partial charge < -0.3 is 25.6 Å². The molecule has 1 aliphatic carbocycles. The largest absolute Gasteiger partial charge is 0.444 e. The smallest absolute Gasteiger partial charge is 0.427 e. The fourth-order valence-electron chi connectivity index (χ4n) is 5.77. The van der Waals surface area contributed by atoms with E-state index >= 15 is 8.78 Å². The van der Waals surface area contributed by atoms with Crippen LogP contribution in [-0.2, 0) is 13.0 Å². The predicted octanol–water partition coefficient (Wildman–Crippen LogP) is 3.50. The molecule has 12 nitrogen and oxygen atoms in total. The van der Waals surface area contributed by atoms with Gasteiger partial charge in [0.15, 0.2) is 17.2 Å². The molecule has 1 amide bonds. The molecule has 2 aliphatic rings. The molecule has 1 aliphatic heterocycles. The molecule has 1 fully saturated rings. The summed E-state index contributed by atoms with van der Waals surface area (Å²) in [5.74, 6) is -2.19. The zero-order chi connectivity index (χ0) is 33.0. The van der Waals surface area contributed by atoms with Crippen molar-refractivity contribution in [2.75, 3.05) is 11.5 Å². The van der Waals surface area contributed by atoms with Crippen LogP contribution >= 0.6 is 0 Å². The molecule has 0 radical (unpaired) electrons. The summed E-state index contributed by atoms with van der Waals surface area (Å²) in [5, 5.41) is 25.6. The van der Waals surface area contributed by atoms with Gasteiger partial charge in [0.1, 0.15) is 17.7 Å². The van der Waals surface area contributed by atoms with Crippen LogP contribution in [0.4, 0.5) is 23.2 Å². The maximum absolute atomic E-state index is 15.1. The zero-order valence-electron chi connectivity index (χ0n) is 24.4. The Balaban J connectivity index is 1.40. The number of benzene rings is 1. The van der Waals surface area contributed by atoms with Gasteiger partial charge >= 0.3 is 6.11 Å². The highest BCUT2D eigenvalue weighted by atomic mass is 19.3. The maximum atomic E-state index is 15.1. The maximum Gasteiger partial charge on any atom is 0.444 e. The fraction of sp³-hybridized carbons (Fsp3) is 0.290. The van der Waals surface area contributed by atoms with Crippen molar-refractivity contribution in [2.24, 2.45) is 11.7 Å². The van der Waals surface area contributed by atoms with E-state index in [1.807, 2.05) is 0 Å². The molecule has 242 valence electrons. The van der Waals surface area contributed by atoms with Gasteiger partial charge in [-0.1, -0.05) is 6.07 Å². The van der Waals surface area contributed by atoms with Crippen molar-refractivity contribution in [1.82, 2.24) is 29.7 Å². The molecule has 4 N–H and O–H groups in total. The summed E-state index contributed by atoms with van der Waals surface area (Å²) >= 11 is 0. The number of aliphatic hydroxyl groups is 2. The molecule has 7 rings (SSSR count). The Bertz CT molecular complexity index is 1990. The number of carbonyl (C=O) groups is 1. The van der Waals surface area contributed by atoms with Crippen LogP contribution < -0.4 is 15.4 Å². The Morgan fingerprint density at radius 1 is 1.06 bits per heavy atom. The molecule has 5 heterocycles. The number of fused-ring (bicyclic) bond motifs is 2. The number of pyridine rings is 2. The molecule has 16 heteroatoms. The van der Waals surface area contributed by atoms with Crippen LogP contribution in [0.15, 0.2) is 55.1 Å². The van der Waals surface area contributed by atoms with Crippen LogP contribution in [0.5, 0.6) is 5.75 Å². The van der Waals surface area contributed by atoms with Gasteiger partial charge in [0.05, 0.1) is 60.6 Å². The fourth-order valence-corrected chi connectivity index (χ4v) is 5.77. The van der Waals surface area contributed by atoms with Crippen LogP contribution in [-0.4, -0.2) is 64.8 Å². The number of halogens is 4. The second kappa shape index (κ2) is 11.5. The van der Waals surface area contributed by atoms with Crippen molar-refractivity contribution in [3.63, 3.8) is 0 Å². The third-order valence-corrected chi connectivity index (χ3v) is 8.19. The lowest BCUT2D eigenvalue weighted by molar-refractivity contribution is -0.245. The minimum absolute atomic E-state index is 0.0313. The van der Waals surface area contributed by atoms with E-state index in [2.05, 4.69) is 20.1 Å². The van der Waals surface area contributed by atoms with E-state index in [1.165, 1.54) is 35.1 Å². The summed E-state index contributed by atoms with van der Waals surface area (Å²) in [6.45, 7) is -0.878. The van der Waals surface area contributed by atoms with Crippen LogP contribution in [0.25, 0.3) is 22.2 Å². The van der Waals surface area contributed by atoms with E-state index < -0.39 is 49.1 Å². The number of anilines is 1. The van der Waals surface area contributed by atoms with Crippen molar-refractivity contribution in [3.8, 4) is 16.9 Å². The molecule has 0 bridgehead atoms. The number of primary amides is 1. The molecule has 1 saturated carbocycles. The monoisotopic (exact) mass is 650 g/mol. The third kappa shape index (κ3) is 5.59. The molecule has 4 aromatic heterocycles. The number of aliphatic hydroxyl groups excluding tert-OH is 2. The van der Waals surface area contributed by atoms with Gasteiger partial charge in [-0.05, 0) is 55.0 Å². The predicted molar refractivity (Wildman–Crippen MR) is 157 cm³/mol. The number of aromatic nitrogens is 6. The SMILES string of the molecule is NC(=O)c1c(CC2CC2)nc2c(cnn2C(CO)c2ccc(F)cn2)c1-c1ccc2c(c1)OC(F)(F)C(O)N2Cc1ncc(F)cn1. The average Bonchev–Trinajstić information content (AvgIpc) is 3.77. The first-order chi connectivity index (χ1) is 22.5. The number of hydrogen-bond donors (Lipinski definition) is 3. The van der Waals surface area contributed by atoms with Crippen molar-refractivity contribution in [2.45, 2.75) is 44.2 Å². The van der Waals surface area contributed by atoms with Crippen LogP contribution in [0.2, 0.25) is 0 Å². The van der Waals surface area contributed by atoms with Crippen LogP contribution in [0, 0.1) is 17.6 Å². The molecule has 0 saturated heterocycles. The van der Waals surface area contributed by atoms with E-state index in [1.54, 1.807) is 6.07 Å². The number of hydrogen-bond acceptors (Lipinski definition) is 10. The minimum atomic E-state index is -4.08. The van der Waals surface area contributed by atoms with Crippen molar-refractivity contribution in [3.05, 3.63) is 89.5 Å². The first kappa shape index (κ1) is 30.4. The molecule has 2 unspecified atom stereocenters. The number of nitrogens with two attached hydrogens (primary N) is 1. The number of alkyl halides is 2. The van der Waals surface area contributed by atoms with Crippen molar-refractivity contribution in [1.29, 1.82) is 0 Å². The number of amides is 1. The van der Waals surface area contributed by atoms with Gasteiger partial charge in [-0.25, -0.2) is 28.4 Å². The summed E-state index contributed by atoms with van der Waals surface area (Å²) in [4.78, 5) is 30.5. The minimum Gasteiger partial charge on any atom is -0.427 e. The summed E-state index contributed by atoms with van der Waals surface area (Å²) in [6.07, 6.45) is -0.0829.